The molecule has 5 heteroatoms. The number of hydrogen-bond acceptors (Lipinski definition) is 3. The third-order valence-electron chi connectivity index (χ3n) is 3.02. The van der Waals surface area contributed by atoms with Gasteiger partial charge >= 0.3 is 5.97 Å². The number of furan rings is 1. The maximum Gasteiger partial charge on any atom is 0.379 e. The van der Waals surface area contributed by atoms with Gasteiger partial charge in [-0.1, -0.05) is 36.4 Å². The van der Waals surface area contributed by atoms with Crippen LogP contribution in [-0.2, 0) is 0 Å². The molecule has 0 saturated heterocycles. The Morgan fingerprint density at radius 2 is 1.68 bits per heavy atom. The molecule has 0 aliphatic rings. The van der Waals surface area contributed by atoms with Gasteiger partial charge in [0.05, 0.1) is 4.47 Å². The van der Waals surface area contributed by atoms with Gasteiger partial charge in [-0.25, -0.2) is 4.79 Å². The summed E-state index contributed by atoms with van der Waals surface area (Å²) in [5, 5.41) is 0. The summed E-state index contributed by atoms with van der Waals surface area (Å²) in [6.07, 6.45) is 0. The highest BCUT2D eigenvalue weighted by atomic mass is 79.9. The molecule has 110 valence electrons. The van der Waals surface area contributed by atoms with Crippen molar-refractivity contribution in [3.8, 4) is 16.9 Å². The van der Waals surface area contributed by atoms with Crippen LogP contribution in [0.1, 0.15) is 10.6 Å². The van der Waals surface area contributed by atoms with Crippen LogP contribution in [0.4, 0.5) is 0 Å². The van der Waals surface area contributed by atoms with Crippen molar-refractivity contribution < 1.29 is 13.9 Å². The van der Waals surface area contributed by atoms with Crippen molar-refractivity contribution in [2.24, 2.45) is 0 Å². The quantitative estimate of drug-likeness (QED) is 0.402. The van der Waals surface area contributed by atoms with E-state index in [4.69, 9.17) is 9.15 Å². The van der Waals surface area contributed by atoms with E-state index in [1.54, 1.807) is 18.2 Å². The summed E-state index contributed by atoms with van der Waals surface area (Å²) in [7, 11) is 0. The molecular weight excluding hydrogens is 412 g/mol. The van der Waals surface area contributed by atoms with Gasteiger partial charge in [-0.05, 0) is 67.3 Å². The van der Waals surface area contributed by atoms with Gasteiger partial charge in [0.15, 0.2) is 4.67 Å². The lowest BCUT2D eigenvalue weighted by molar-refractivity contribution is 0.0698. The number of rotatable bonds is 3. The van der Waals surface area contributed by atoms with Crippen molar-refractivity contribution in [2.75, 3.05) is 0 Å². The predicted octanol–water partition coefficient (Wildman–Crippen LogP) is 5.69. The molecule has 0 N–H and O–H groups in total. The number of halogens is 2. The lowest BCUT2D eigenvalue weighted by Gasteiger charge is -2.07. The summed E-state index contributed by atoms with van der Waals surface area (Å²) in [6, 6.07) is 18.7. The Bertz CT molecular complexity index is 810. The average molecular weight is 422 g/mol. The lowest BCUT2D eigenvalue weighted by atomic mass is 10.1. The standard InChI is InChI=1S/C17H10Br2O3/c18-13-10-12(11-4-2-1-3-5-11)6-7-14(13)22-17(20)15-8-9-16(19)21-15/h1-10H. The molecule has 3 aromatic rings. The number of benzene rings is 2. The summed E-state index contributed by atoms with van der Waals surface area (Å²) in [6.45, 7) is 0. The zero-order valence-electron chi connectivity index (χ0n) is 11.3. The van der Waals surface area contributed by atoms with Gasteiger partial charge < -0.3 is 9.15 Å². The molecule has 0 radical (unpaired) electrons. The van der Waals surface area contributed by atoms with Crippen molar-refractivity contribution in [2.45, 2.75) is 0 Å². The van der Waals surface area contributed by atoms with E-state index >= 15 is 0 Å². The molecule has 0 spiro atoms. The Balaban J connectivity index is 1.82. The van der Waals surface area contributed by atoms with E-state index in [9.17, 15) is 4.79 Å². The van der Waals surface area contributed by atoms with Crippen LogP contribution >= 0.6 is 31.9 Å². The fourth-order valence-electron chi connectivity index (χ4n) is 1.97. The van der Waals surface area contributed by atoms with Crippen molar-refractivity contribution in [3.05, 3.63) is 75.6 Å². The van der Waals surface area contributed by atoms with E-state index in [2.05, 4.69) is 31.9 Å². The average Bonchev–Trinajstić information content (AvgIpc) is 2.97. The minimum Gasteiger partial charge on any atom is -0.442 e. The van der Waals surface area contributed by atoms with Crippen molar-refractivity contribution in [1.82, 2.24) is 0 Å². The maximum atomic E-state index is 12.0. The summed E-state index contributed by atoms with van der Waals surface area (Å²) < 4.78 is 11.7. The molecule has 1 aromatic heterocycles. The van der Waals surface area contributed by atoms with Crippen LogP contribution in [0, 0.1) is 0 Å². The number of carbonyl (C=O) groups excluding carboxylic acids is 1. The van der Waals surface area contributed by atoms with Crippen LogP contribution in [0.2, 0.25) is 0 Å². The Morgan fingerprint density at radius 3 is 2.32 bits per heavy atom. The third-order valence-corrected chi connectivity index (χ3v) is 4.06. The Hall–Kier alpha value is -1.85. The van der Waals surface area contributed by atoms with Crippen LogP contribution in [0.25, 0.3) is 11.1 Å². The first-order chi connectivity index (χ1) is 10.6. The highest BCUT2D eigenvalue weighted by Crippen LogP contribution is 2.31. The molecule has 3 rings (SSSR count). The first-order valence-corrected chi connectivity index (χ1v) is 8.04. The molecule has 0 atom stereocenters. The first kappa shape index (κ1) is 15.1. The molecule has 0 fully saturated rings. The SMILES string of the molecule is O=C(Oc1ccc(-c2ccccc2)cc1Br)c1ccc(Br)o1. The highest BCUT2D eigenvalue weighted by molar-refractivity contribution is 9.10. The van der Waals surface area contributed by atoms with Crippen LogP contribution in [-0.4, -0.2) is 5.97 Å². The zero-order valence-corrected chi connectivity index (χ0v) is 14.4. The second kappa shape index (κ2) is 6.50. The van der Waals surface area contributed by atoms with E-state index in [0.717, 1.165) is 11.1 Å². The van der Waals surface area contributed by atoms with Gasteiger partial charge in [-0.3, -0.25) is 0 Å². The van der Waals surface area contributed by atoms with Gasteiger partial charge in [0.25, 0.3) is 0 Å². The van der Waals surface area contributed by atoms with Gasteiger partial charge in [0, 0.05) is 0 Å². The Morgan fingerprint density at radius 1 is 0.909 bits per heavy atom. The van der Waals surface area contributed by atoms with Gasteiger partial charge in [0.2, 0.25) is 5.76 Å². The summed E-state index contributed by atoms with van der Waals surface area (Å²) in [5.74, 6) is 0.0435. The summed E-state index contributed by atoms with van der Waals surface area (Å²) >= 11 is 6.59. The highest BCUT2D eigenvalue weighted by Gasteiger charge is 2.15. The molecule has 22 heavy (non-hydrogen) atoms. The number of ether oxygens (including phenoxy) is 1. The molecule has 0 aliphatic heterocycles. The number of esters is 1. The normalized spacial score (nSPS) is 10.5. The molecule has 0 amide bonds. The summed E-state index contributed by atoms with van der Waals surface area (Å²) in [4.78, 5) is 12.0. The van der Waals surface area contributed by atoms with E-state index in [1.807, 2.05) is 42.5 Å². The van der Waals surface area contributed by atoms with Gasteiger partial charge in [0.1, 0.15) is 5.75 Å². The molecule has 0 saturated carbocycles. The van der Waals surface area contributed by atoms with Crippen molar-refractivity contribution >= 4 is 37.8 Å². The van der Waals surface area contributed by atoms with E-state index in [1.165, 1.54) is 0 Å². The molecule has 0 bridgehead atoms. The van der Waals surface area contributed by atoms with Crippen LogP contribution in [0.15, 0.2) is 74.2 Å². The van der Waals surface area contributed by atoms with E-state index in [0.29, 0.717) is 14.9 Å². The minimum absolute atomic E-state index is 0.144. The maximum absolute atomic E-state index is 12.0. The molecule has 2 aromatic carbocycles. The van der Waals surface area contributed by atoms with Gasteiger partial charge in [-0.2, -0.15) is 0 Å². The minimum atomic E-state index is -0.543. The second-order valence-electron chi connectivity index (χ2n) is 4.50. The molecule has 0 unspecified atom stereocenters. The molecule has 0 aliphatic carbocycles. The monoisotopic (exact) mass is 420 g/mol. The van der Waals surface area contributed by atoms with Crippen LogP contribution in [0.3, 0.4) is 0 Å². The largest absolute Gasteiger partial charge is 0.442 e. The van der Waals surface area contributed by atoms with E-state index < -0.39 is 5.97 Å². The zero-order chi connectivity index (χ0) is 15.5. The fraction of sp³-hybridized carbons (Fsp3) is 0. The number of hydrogen-bond donors (Lipinski definition) is 0. The molecule has 1 heterocycles. The molecule has 3 nitrogen and oxygen atoms in total. The van der Waals surface area contributed by atoms with Gasteiger partial charge in [-0.15, -0.1) is 0 Å². The van der Waals surface area contributed by atoms with Crippen molar-refractivity contribution in [3.63, 3.8) is 0 Å². The smallest absolute Gasteiger partial charge is 0.379 e. The first-order valence-electron chi connectivity index (χ1n) is 6.46. The Kier molecular flexibility index (Phi) is 4.45. The fourth-order valence-corrected chi connectivity index (χ4v) is 2.73. The van der Waals surface area contributed by atoms with Crippen molar-refractivity contribution in [1.29, 1.82) is 0 Å². The summed E-state index contributed by atoms with van der Waals surface area (Å²) in [5.41, 5.74) is 2.13. The Labute approximate surface area is 144 Å². The predicted molar refractivity (Wildman–Crippen MR) is 90.9 cm³/mol. The van der Waals surface area contributed by atoms with Crippen LogP contribution in [0.5, 0.6) is 5.75 Å². The van der Waals surface area contributed by atoms with E-state index in [-0.39, 0.29) is 5.76 Å². The topological polar surface area (TPSA) is 39.4 Å². The van der Waals surface area contributed by atoms with Crippen LogP contribution < -0.4 is 4.74 Å². The lowest BCUT2D eigenvalue weighted by Crippen LogP contribution is -2.07. The molecular formula is C17H10Br2O3. The third kappa shape index (κ3) is 3.31. The number of carbonyl (C=O) groups is 1. The second-order valence-corrected chi connectivity index (χ2v) is 6.14.